The van der Waals surface area contributed by atoms with E-state index in [0.29, 0.717) is 187 Å². The first-order valence-corrected chi connectivity index (χ1v) is 29.5. The maximum Gasteiger partial charge on any atom is 2.00 e. The molecule has 0 spiro atoms. The molecule has 4 aromatic carbocycles. The predicted octanol–water partition coefficient (Wildman–Crippen LogP) is 10.8. The first kappa shape index (κ1) is 60.2. The van der Waals surface area contributed by atoms with Gasteiger partial charge in [0, 0.05) is 48.7 Å². The predicted molar refractivity (Wildman–Crippen MR) is 335 cm³/mol. The van der Waals surface area contributed by atoms with Crippen molar-refractivity contribution in [3.05, 3.63) is 120 Å². The van der Waals surface area contributed by atoms with E-state index in [0.717, 1.165) is 12.8 Å². The summed E-state index contributed by atoms with van der Waals surface area (Å²) in [5, 5.41) is 12.8. The summed E-state index contributed by atoms with van der Waals surface area (Å²) in [6.07, 6.45) is 9.67. The molecule has 4 atom stereocenters. The average molecular weight is 1240 g/mol. The number of rotatable bonds is 16. The maximum atomic E-state index is 14.3. The minimum absolute atomic E-state index is 0. The van der Waals surface area contributed by atoms with E-state index in [4.69, 9.17) is 57.8 Å². The van der Waals surface area contributed by atoms with Crippen molar-refractivity contribution in [2.45, 2.75) is 50.7 Å². The number of aromatic nitrogens is 4. The molecular weight excluding hydrogens is 1180 g/mol. The van der Waals surface area contributed by atoms with Crippen molar-refractivity contribution in [1.29, 1.82) is 0 Å². The molecular formula is C68H64CoN8O12. The molecule has 13 rings (SSSR count). The van der Waals surface area contributed by atoms with E-state index in [2.05, 4.69) is 21.3 Å². The van der Waals surface area contributed by atoms with Gasteiger partial charge in [0.25, 0.3) is 11.8 Å². The fourth-order valence-electron chi connectivity index (χ4n) is 12.3. The van der Waals surface area contributed by atoms with Crippen LogP contribution in [0.15, 0.2) is 97.1 Å². The number of ether oxygens (including phenoxy) is 8. The van der Waals surface area contributed by atoms with Crippen LogP contribution in [0, 0.1) is 11.8 Å². The summed E-state index contributed by atoms with van der Waals surface area (Å²) in [5.74, 6) is -0.219. The molecule has 7 aromatic rings. The summed E-state index contributed by atoms with van der Waals surface area (Å²) in [7, 11) is 6.31. The summed E-state index contributed by atoms with van der Waals surface area (Å²) in [5.41, 5.74) is 8.74. The molecule has 4 amide bonds. The zero-order chi connectivity index (χ0) is 60.4. The molecule has 457 valence electrons. The molecule has 6 aliphatic rings. The van der Waals surface area contributed by atoms with Gasteiger partial charge >= 0.3 is 16.8 Å². The topological polar surface area (TPSA) is 244 Å². The quantitative estimate of drug-likeness (QED) is 0.0703. The summed E-state index contributed by atoms with van der Waals surface area (Å²) in [6.45, 7) is 2.30. The van der Waals surface area contributed by atoms with E-state index in [9.17, 15) is 19.2 Å². The van der Waals surface area contributed by atoms with Gasteiger partial charge < -0.3 is 69.1 Å². The number of carbonyl (C=O) groups is 4. The van der Waals surface area contributed by atoms with Crippen molar-refractivity contribution >= 4 is 92.7 Å². The molecule has 21 heteroatoms. The molecule has 89 heavy (non-hydrogen) atoms. The molecule has 4 N–H and O–H groups in total. The summed E-state index contributed by atoms with van der Waals surface area (Å²) < 4.78 is 47.8. The van der Waals surface area contributed by atoms with Crippen LogP contribution in [0.4, 0.5) is 22.7 Å². The fraction of sp³-hybridized carbons (Fsp3) is 0.294. The van der Waals surface area contributed by atoms with Crippen LogP contribution < -0.4 is 50.2 Å². The van der Waals surface area contributed by atoms with Gasteiger partial charge in [-0.15, -0.1) is 22.1 Å². The van der Waals surface area contributed by atoms with Crippen molar-refractivity contribution in [1.82, 2.24) is 19.9 Å². The van der Waals surface area contributed by atoms with Crippen molar-refractivity contribution in [2.75, 3.05) is 89.3 Å². The number of amides is 4. The van der Waals surface area contributed by atoms with Gasteiger partial charge in [-0.05, 0) is 122 Å². The second-order valence-electron chi connectivity index (χ2n) is 22.0. The summed E-state index contributed by atoms with van der Waals surface area (Å²) in [6, 6.07) is 29.2. The Kier molecular flexibility index (Phi) is 17.8. The van der Waals surface area contributed by atoms with Crippen LogP contribution in [0.25, 0.3) is 90.9 Å². The number of nitrogens with one attached hydrogen (secondary N) is 4. The van der Waals surface area contributed by atoms with Crippen LogP contribution in [0.2, 0.25) is 0 Å². The molecule has 0 aliphatic carbocycles. The number of carbonyl (C=O) groups excluding carboxylic acids is 4. The zero-order valence-electron chi connectivity index (χ0n) is 49.4. The van der Waals surface area contributed by atoms with Gasteiger partial charge in [-0.2, -0.15) is 0 Å². The molecule has 3 aromatic heterocycles. The molecule has 0 saturated carbocycles. The van der Waals surface area contributed by atoms with E-state index in [-0.39, 0.29) is 53.6 Å². The monoisotopic (exact) mass is 1240 g/mol. The number of methoxy groups -OCH3 is 4. The Morgan fingerprint density at radius 1 is 0.404 bits per heavy atom. The molecule has 9 heterocycles. The number of hydrogen-bond acceptors (Lipinski definition) is 14. The first-order valence-electron chi connectivity index (χ1n) is 29.5. The summed E-state index contributed by atoms with van der Waals surface area (Å²) in [4.78, 5) is 79.4. The van der Waals surface area contributed by atoms with Gasteiger partial charge in [-0.3, -0.25) is 19.2 Å². The molecule has 1 radical (unpaired) electrons. The molecule has 6 aliphatic heterocycles. The van der Waals surface area contributed by atoms with Crippen molar-refractivity contribution in [3.8, 4) is 67.5 Å². The van der Waals surface area contributed by atoms with Gasteiger partial charge in [0.15, 0.2) is 0 Å². The average Bonchev–Trinajstić information content (AvgIpc) is 1.83. The maximum absolute atomic E-state index is 14.3. The Morgan fingerprint density at radius 2 is 0.719 bits per heavy atom. The number of nitrogens with zero attached hydrogens (tertiary/aromatic N) is 4. The number of fused-ring (bicyclic) bond motifs is 8. The summed E-state index contributed by atoms with van der Waals surface area (Å²) >= 11 is 0. The number of hydrogen-bond donors (Lipinski definition) is 4. The SMILES string of the molecule is COc1cccc(OC)c1-c1c2nc(c(-c3c(NC(=O)C4CCOC4)cccc3NC(=O)C3CCCO3)c3ccc([n-]3)c(-c3c(OC)cccc3OC)c3nc(c(-c4c(NC(=O)C5CCOC5)cccc4NC(=O)C4CCCO4)c4ccc1[n-]4)C=C3)C=C2.[Co+2]. The smallest absolute Gasteiger partial charge is 0.657 e. The second-order valence-corrected chi connectivity index (χ2v) is 22.0. The van der Waals surface area contributed by atoms with Crippen LogP contribution in [0.3, 0.4) is 0 Å². The van der Waals surface area contributed by atoms with Crippen LogP contribution in [-0.2, 0) is 54.9 Å². The number of benzene rings is 4. The van der Waals surface area contributed by atoms with E-state index in [1.54, 1.807) is 64.8 Å². The van der Waals surface area contributed by atoms with Crippen LogP contribution in [0.1, 0.15) is 61.3 Å². The Hall–Kier alpha value is -9.09. The normalized spacial score (nSPS) is 18.3. The fourth-order valence-corrected chi connectivity index (χ4v) is 12.3. The zero-order valence-corrected chi connectivity index (χ0v) is 50.4. The standard InChI is InChI=1S/C68H66N8O12.Co/c1-81-51-15-7-16-52(82-2)63(51)61-47-25-21-43(69-47)59(57-39(73-65(77)37-29-33-85-35-37)11-5-13-41(57)75-67(79)55-19-9-31-87-55)45-23-27-49(71-45)62(64-53(83-3)17-8-18-54(64)84-4)50-28-24-46(72-50)60(44-22-26-48(61)70-44)58-40(74-66(78)38-30-34-86-36-38)12-6-14-42(58)76-68(80)56-20-10-32-88-56;/h5-8,11-18,21-28,37-38,55-56H,9-10,19-20,29-36H2,1-4H3,(H6,69,70,71,72,73,74,75,76,77,78,79,80);/q;+2/p-2. The third kappa shape index (κ3) is 11.8. The molecule has 20 nitrogen and oxygen atoms in total. The van der Waals surface area contributed by atoms with Crippen LogP contribution >= 0.6 is 0 Å². The largest absolute Gasteiger partial charge is 2.00 e. The minimum Gasteiger partial charge on any atom is -0.657 e. The third-order valence-corrected chi connectivity index (χ3v) is 16.7. The Morgan fingerprint density at radius 3 is 1.01 bits per heavy atom. The van der Waals surface area contributed by atoms with Gasteiger partial charge in [0.2, 0.25) is 11.8 Å². The Balaban J connectivity index is 0.00000769. The van der Waals surface area contributed by atoms with E-state index in [1.165, 1.54) is 0 Å². The van der Waals surface area contributed by atoms with Crippen molar-refractivity contribution < 1.29 is 73.9 Å². The van der Waals surface area contributed by atoms with Gasteiger partial charge in [-0.25, -0.2) is 9.97 Å². The molecule has 4 unspecified atom stereocenters. The first-order chi connectivity index (χ1) is 43.1. The van der Waals surface area contributed by atoms with Crippen LogP contribution in [0.5, 0.6) is 23.0 Å². The van der Waals surface area contributed by atoms with Crippen molar-refractivity contribution in [3.63, 3.8) is 0 Å². The molecule has 8 bridgehead atoms. The Bertz CT molecular complexity index is 3750. The Labute approximate surface area is 523 Å². The van der Waals surface area contributed by atoms with Crippen molar-refractivity contribution in [2.24, 2.45) is 11.8 Å². The van der Waals surface area contributed by atoms with E-state index in [1.807, 2.05) is 85.0 Å². The van der Waals surface area contributed by atoms with E-state index < -0.39 is 24.0 Å². The molecule has 4 saturated heterocycles. The minimum atomic E-state index is -0.699. The van der Waals surface area contributed by atoms with Gasteiger partial charge in [0.05, 0.1) is 110 Å². The van der Waals surface area contributed by atoms with Gasteiger partial charge in [-0.1, -0.05) is 48.5 Å². The molecule has 4 fully saturated rings. The second kappa shape index (κ2) is 26.3. The third-order valence-electron chi connectivity index (χ3n) is 16.7. The number of anilines is 4. The van der Waals surface area contributed by atoms with Crippen LogP contribution in [-0.4, -0.2) is 114 Å². The van der Waals surface area contributed by atoms with Gasteiger partial charge in [0.1, 0.15) is 35.2 Å². The van der Waals surface area contributed by atoms with E-state index >= 15 is 0 Å².